The molecule has 2 aromatic heterocycles. The normalized spacial score (nSPS) is 17.1. The third kappa shape index (κ3) is 9.23. The molecule has 2 aliphatic rings. The Bertz CT molecular complexity index is 2310. The van der Waals surface area contributed by atoms with Gasteiger partial charge in [-0.1, -0.05) is 13.0 Å². The van der Waals surface area contributed by atoms with Crippen LogP contribution in [0.25, 0.3) is 10.9 Å². The van der Waals surface area contributed by atoms with Crippen LogP contribution in [0.5, 0.6) is 0 Å². The molecule has 2 aliphatic heterocycles. The molecule has 1 N–H and O–H groups in total. The van der Waals surface area contributed by atoms with Gasteiger partial charge < -0.3 is 15.0 Å². The molecule has 0 spiro atoms. The van der Waals surface area contributed by atoms with Crippen LogP contribution in [0.4, 0.5) is 11.6 Å². The lowest BCUT2D eigenvalue weighted by Crippen LogP contribution is -2.39. The van der Waals surface area contributed by atoms with Crippen LogP contribution < -0.4 is 10.9 Å². The molecule has 2 saturated heterocycles. The number of fused-ring (bicyclic) bond motifs is 1. The number of hydrogen-bond donors (Lipinski definition) is 1. The van der Waals surface area contributed by atoms with Gasteiger partial charge in [0.15, 0.2) is 5.82 Å². The highest BCUT2D eigenvalue weighted by molar-refractivity contribution is 7.89. The number of nitrogens with zero attached hydrogens (tertiary/aromatic N) is 8. The summed E-state index contributed by atoms with van der Waals surface area (Å²) in [4.78, 5) is 24.9. The highest BCUT2D eigenvalue weighted by Gasteiger charge is 2.30. The van der Waals surface area contributed by atoms with Crippen molar-refractivity contribution in [2.75, 3.05) is 51.7 Å². The van der Waals surface area contributed by atoms with E-state index in [1.807, 2.05) is 39.5 Å². The van der Waals surface area contributed by atoms with Crippen molar-refractivity contribution in [3.63, 3.8) is 0 Å². The van der Waals surface area contributed by atoms with Gasteiger partial charge in [0.1, 0.15) is 5.82 Å². The van der Waals surface area contributed by atoms with Crippen LogP contribution in [0.1, 0.15) is 93.2 Å². The van der Waals surface area contributed by atoms with E-state index in [-0.39, 0.29) is 35.1 Å². The van der Waals surface area contributed by atoms with E-state index in [1.165, 1.54) is 9.87 Å². The molecule has 0 aliphatic carbocycles. The average Bonchev–Trinajstić information content (AvgIpc) is 3.54. The summed E-state index contributed by atoms with van der Waals surface area (Å²) in [7, 11) is 0.101. The van der Waals surface area contributed by atoms with Gasteiger partial charge in [-0.05, 0) is 132 Å². The van der Waals surface area contributed by atoms with E-state index >= 15 is 0 Å². The zero-order valence-corrected chi connectivity index (χ0v) is 35.1. The van der Waals surface area contributed by atoms with E-state index < -0.39 is 10.0 Å². The van der Waals surface area contributed by atoms with Crippen LogP contribution in [-0.4, -0.2) is 97.3 Å². The average molecular weight is 796 g/mol. The van der Waals surface area contributed by atoms with Crippen molar-refractivity contribution in [3.05, 3.63) is 80.6 Å². The minimum absolute atomic E-state index is 0.0948. The third-order valence-corrected chi connectivity index (χ3v) is 13.3. The lowest BCUT2D eigenvalue weighted by molar-refractivity contribution is 0.132. The zero-order valence-electron chi connectivity index (χ0n) is 34.2. The minimum atomic E-state index is -3.78. The molecule has 57 heavy (non-hydrogen) atoms. The Hall–Kier alpha value is -4.68. The summed E-state index contributed by atoms with van der Waals surface area (Å²) >= 11 is 0. The second kappa shape index (κ2) is 18.3. The van der Waals surface area contributed by atoms with E-state index in [9.17, 15) is 18.5 Å². The second-order valence-electron chi connectivity index (χ2n) is 15.7. The van der Waals surface area contributed by atoms with Crippen molar-refractivity contribution in [1.82, 2.24) is 23.6 Å². The van der Waals surface area contributed by atoms with E-state index in [2.05, 4.69) is 58.2 Å². The number of pyridine rings is 1. The van der Waals surface area contributed by atoms with Crippen molar-refractivity contribution in [1.29, 1.82) is 5.26 Å². The Morgan fingerprint density at radius 2 is 1.79 bits per heavy atom. The number of aliphatic imine (C=N–C) groups is 2. The number of benzene rings is 2. The number of piperidine rings is 2. The first-order valence-electron chi connectivity index (χ1n) is 20.1. The monoisotopic (exact) mass is 795 g/mol. The minimum Gasteiger partial charge on any atom is -0.377 e. The summed E-state index contributed by atoms with van der Waals surface area (Å²) in [6.45, 7) is 15.8. The number of aryl methyl sites for hydroxylation is 1. The summed E-state index contributed by atoms with van der Waals surface area (Å²) in [6, 6.07) is 15.4. The summed E-state index contributed by atoms with van der Waals surface area (Å²) < 4.78 is 38.5. The molecule has 0 radical (unpaired) electrons. The lowest BCUT2D eigenvalue weighted by Gasteiger charge is -2.34. The quantitative estimate of drug-likeness (QED) is 0.135. The van der Waals surface area contributed by atoms with Gasteiger partial charge in [-0.25, -0.2) is 13.4 Å². The maximum Gasteiger partial charge on any atom is 0.257 e. The Balaban J connectivity index is 1.06. The number of likely N-dealkylation sites (tertiary alicyclic amines) is 1. The second-order valence-corrected chi connectivity index (χ2v) is 17.7. The van der Waals surface area contributed by atoms with Crippen LogP contribution in [0, 0.1) is 17.2 Å². The fraction of sp³-hybridized carbons (Fsp3) is 0.512. The number of nitriles is 1. The first-order chi connectivity index (χ1) is 27.4. The number of anilines is 1. The highest BCUT2D eigenvalue weighted by Crippen LogP contribution is 2.33. The van der Waals surface area contributed by atoms with Crippen LogP contribution in [0.3, 0.4) is 0 Å². The molecule has 0 amide bonds. The van der Waals surface area contributed by atoms with Crippen molar-refractivity contribution in [2.24, 2.45) is 23.0 Å². The van der Waals surface area contributed by atoms with Crippen LogP contribution in [0.15, 0.2) is 62.1 Å². The first-order valence-corrected chi connectivity index (χ1v) is 21.6. The van der Waals surface area contributed by atoms with Gasteiger partial charge in [0.25, 0.3) is 5.56 Å². The standard InChI is InChI=1S/C43H57N9O4S/c1-8-56-28-36-22-35(42(46-6)52(29(2)3)43(36)53)26-47-37-15-19-51(20-16-37)57(54,55)38-11-9-33(25-44)34(23-38)21-30(4)27-50-17-13-31(14-18-50)32-10-12-39-40(24-32)49(7)48-41(39)45-5/h9-12,22-24,26,29-31,37H,6,8,13-21,27-28H2,1-5,7H3,(H,45,48). The van der Waals surface area contributed by atoms with Gasteiger partial charge in [-0.2, -0.15) is 14.7 Å². The van der Waals surface area contributed by atoms with E-state index in [1.54, 1.807) is 35.0 Å². The summed E-state index contributed by atoms with van der Waals surface area (Å²) in [5, 5.41) is 18.9. The number of nitrogens with one attached hydrogen (secondary N) is 1. The molecule has 1 unspecified atom stereocenters. The smallest absolute Gasteiger partial charge is 0.257 e. The van der Waals surface area contributed by atoms with Gasteiger partial charge in [0, 0.05) is 69.1 Å². The molecule has 4 aromatic rings. The van der Waals surface area contributed by atoms with E-state index in [0.717, 1.165) is 54.8 Å². The molecular formula is C43H57N9O4S. The zero-order chi connectivity index (χ0) is 40.9. The fourth-order valence-electron chi connectivity index (χ4n) is 8.38. The summed E-state index contributed by atoms with van der Waals surface area (Å²) in [5.41, 5.74) is 4.81. The lowest BCUT2D eigenvalue weighted by atomic mass is 9.88. The Kier molecular flexibility index (Phi) is 13.4. The summed E-state index contributed by atoms with van der Waals surface area (Å²) in [6.07, 6.45) is 5.59. The van der Waals surface area contributed by atoms with E-state index in [4.69, 9.17) is 9.73 Å². The molecule has 13 nitrogen and oxygen atoms in total. The molecule has 4 heterocycles. The number of rotatable bonds is 15. The topological polar surface area (TPSA) is 150 Å². The number of aromatic nitrogens is 3. The number of sulfonamides is 1. The van der Waals surface area contributed by atoms with Gasteiger partial charge in [0.05, 0.1) is 34.7 Å². The number of ether oxygens (including phenoxy) is 1. The molecule has 14 heteroatoms. The fourth-order valence-corrected chi connectivity index (χ4v) is 9.90. The van der Waals surface area contributed by atoms with Gasteiger partial charge in [-0.3, -0.25) is 19.0 Å². The number of hydrogen-bond acceptors (Lipinski definition) is 10. The molecule has 0 bridgehead atoms. The first kappa shape index (κ1) is 41.9. The van der Waals surface area contributed by atoms with Gasteiger partial charge in [0.2, 0.25) is 10.0 Å². The van der Waals surface area contributed by atoms with Crippen LogP contribution >= 0.6 is 0 Å². The summed E-state index contributed by atoms with van der Waals surface area (Å²) in [5.74, 6) is 2.08. The molecule has 2 fully saturated rings. The van der Waals surface area contributed by atoms with Crippen molar-refractivity contribution < 1.29 is 13.2 Å². The predicted octanol–water partition coefficient (Wildman–Crippen LogP) is 6.43. The van der Waals surface area contributed by atoms with E-state index in [0.29, 0.717) is 67.4 Å². The van der Waals surface area contributed by atoms with Crippen molar-refractivity contribution in [3.8, 4) is 6.07 Å². The van der Waals surface area contributed by atoms with Gasteiger partial charge in [-0.15, -0.1) is 0 Å². The Morgan fingerprint density at radius 1 is 1.05 bits per heavy atom. The van der Waals surface area contributed by atoms with Crippen molar-refractivity contribution in [2.45, 2.75) is 89.3 Å². The predicted molar refractivity (Wildman–Crippen MR) is 228 cm³/mol. The van der Waals surface area contributed by atoms with Gasteiger partial charge >= 0.3 is 0 Å². The maximum absolute atomic E-state index is 13.9. The van der Waals surface area contributed by atoms with Crippen LogP contribution in [-0.2, 0) is 34.8 Å². The molecule has 2 aromatic carbocycles. The molecular weight excluding hydrogens is 739 g/mol. The molecule has 6 rings (SSSR count). The third-order valence-electron chi connectivity index (χ3n) is 11.4. The SMILES string of the molecule is C=Nc1c(C=NC2CCN(S(=O)(=O)c3ccc(C#N)c(CC(C)CN4CCC(c5ccc6c(NC)nn(C)c6c5)CC4)c3)CC2)cc(COCC)c(=O)n1C(C)C. The molecule has 0 saturated carbocycles. The molecule has 1 atom stereocenters. The largest absolute Gasteiger partial charge is 0.377 e. The Morgan fingerprint density at radius 3 is 2.44 bits per heavy atom. The van der Waals surface area contributed by atoms with Crippen LogP contribution in [0.2, 0.25) is 0 Å². The maximum atomic E-state index is 13.9. The highest BCUT2D eigenvalue weighted by atomic mass is 32.2. The molecule has 304 valence electrons. The Labute approximate surface area is 337 Å². The van der Waals surface area contributed by atoms with Crippen molar-refractivity contribution >= 4 is 45.5 Å².